The van der Waals surface area contributed by atoms with E-state index in [4.69, 9.17) is 0 Å². The molecule has 7 nitrogen and oxygen atoms in total. The molecule has 1 aliphatic heterocycles. The molecule has 1 aromatic heterocycles. The summed E-state index contributed by atoms with van der Waals surface area (Å²) >= 11 is 0. The van der Waals surface area contributed by atoms with E-state index in [0.29, 0.717) is 11.7 Å². The molecule has 0 spiro atoms. The molecule has 2 heterocycles. The van der Waals surface area contributed by atoms with Crippen LogP contribution in [0.2, 0.25) is 0 Å². The van der Waals surface area contributed by atoms with Crippen molar-refractivity contribution in [1.29, 1.82) is 0 Å². The van der Waals surface area contributed by atoms with Gasteiger partial charge in [-0.15, -0.1) is 29.9 Å². The highest BCUT2D eigenvalue weighted by atomic mass is 35.5. The van der Waals surface area contributed by atoms with Gasteiger partial charge in [0, 0.05) is 12.6 Å². The van der Waals surface area contributed by atoms with Crippen molar-refractivity contribution in [3.63, 3.8) is 0 Å². The van der Waals surface area contributed by atoms with Crippen molar-refractivity contribution in [2.45, 2.75) is 45.7 Å². The number of halogens is 2. The van der Waals surface area contributed by atoms with Gasteiger partial charge in [-0.05, 0) is 52.4 Å². The molecule has 2 N–H and O–H groups in total. The van der Waals surface area contributed by atoms with Gasteiger partial charge in [0.05, 0.1) is 12.2 Å². The second-order valence-corrected chi connectivity index (χ2v) is 7.49. The van der Waals surface area contributed by atoms with Gasteiger partial charge in [0.1, 0.15) is 0 Å². The molecule has 0 radical (unpaired) electrons. The van der Waals surface area contributed by atoms with Crippen molar-refractivity contribution in [3.05, 3.63) is 11.9 Å². The summed E-state index contributed by atoms with van der Waals surface area (Å²) in [6.45, 7) is 9.23. The fourth-order valence-corrected chi connectivity index (χ4v) is 3.05. The zero-order chi connectivity index (χ0) is 17.0. The van der Waals surface area contributed by atoms with E-state index in [2.05, 4.69) is 39.7 Å². The highest BCUT2D eigenvalue weighted by Crippen LogP contribution is 2.22. The van der Waals surface area contributed by atoms with Gasteiger partial charge in [-0.1, -0.05) is 19.1 Å². The summed E-state index contributed by atoms with van der Waals surface area (Å²) in [5.41, 5.74) is 0.375. The van der Waals surface area contributed by atoms with Crippen molar-refractivity contribution in [3.8, 4) is 0 Å². The average molecular weight is 395 g/mol. The third-order valence-corrected chi connectivity index (χ3v) is 4.67. The molecular weight excluding hydrogens is 363 g/mol. The van der Waals surface area contributed by atoms with Gasteiger partial charge in [-0.25, -0.2) is 4.68 Å². The third-order valence-electron chi connectivity index (χ3n) is 4.67. The van der Waals surface area contributed by atoms with Crippen LogP contribution in [0.3, 0.4) is 0 Å². The largest absolute Gasteiger partial charge is 0.348 e. The molecular formula is C16H32Cl2N6O. The monoisotopic (exact) mass is 394 g/mol. The van der Waals surface area contributed by atoms with Gasteiger partial charge in [0.25, 0.3) is 5.91 Å². The van der Waals surface area contributed by atoms with Crippen LogP contribution >= 0.6 is 24.8 Å². The van der Waals surface area contributed by atoms with Crippen LogP contribution in [0.5, 0.6) is 0 Å². The Morgan fingerprint density at radius 2 is 2.00 bits per heavy atom. The van der Waals surface area contributed by atoms with Gasteiger partial charge >= 0.3 is 0 Å². The number of nitrogens with zero attached hydrogens (tertiary/aromatic N) is 4. The molecule has 146 valence electrons. The number of aromatic nitrogens is 3. The normalized spacial score (nSPS) is 16.7. The van der Waals surface area contributed by atoms with E-state index in [1.165, 1.54) is 0 Å². The van der Waals surface area contributed by atoms with Gasteiger partial charge in [-0.3, -0.25) is 4.79 Å². The Labute approximate surface area is 163 Å². The molecule has 1 unspecified atom stereocenters. The molecule has 9 heteroatoms. The van der Waals surface area contributed by atoms with Crippen LogP contribution in [0.1, 0.15) is 50.1 Å². The number of amides is 1. The number of carbonyl (C=O) groups excluding carboxylic acids is 1. The van der Waals surface area contributed by atoms with Crippen LogP contribution in [-0.2, 0) is 0 Å². The van der Waals surface area contributed by atoms with Gasteiger partial charge in [0.2, 0.25) is 0 Å². The molecule has 1 saturated heterocycles. The van der Waals surface area contributed by atoms with Crippen LogP contribution in [0, 0.1) is 5.41 Å². The highest BCUT2D eigenvalue weighted by Gasteiger charge is 2.29. The van der Waals surface area contributed by atoms with E-state index >= 15 is 0 Å². The van der Waals surface area contributed by atoms with Crippen molar-refractivity contribution in [1.82, 2.24) is 30.5 Å². The number of nitrogens with one attached hydrogen (secondary N) is 2. The van der Waals surface area contributed by atoms with E-state index in [1.54, 1.807) is 6.20 Å². The first-order valence-electron chi connectivity index (χ1n) is 8.38. The van der Waals surface area contributed by atoms with Crippen LogP contribution < -0.4 is 10.6 Å². The molecule has 0 aromatic carbocycles. The van der Waals surface area contributed by atoms with Crippen LogP contribution in [0.15, 0.2) is 6.20 Å². The molecule has 1 fully saturated rings. The third kappa shape index (κ3) is 6.73. The minimum absolute atomic E-state index is 0. The standard InChI is InChI=1S/C16H30N6O.2ClH/c1-12(16(2,3)11-21(4)5)18-15(23)14-10-22(20-19-14)13-6-8-17-9-7-13;;/h10,12-13,17H,6-9,11H2,1-5H3,(H,18,23);2*1H. The number of carbonyl (C=O) groups is 1. The lowest BCUT2D eigenvalue weighted by Crippen LogP contribution is -2.47. The van der Waals surface area contributed by atoms with Gasteiger partial charge in [0.15, 0.2) is 5.69 Å². The van der Waals surface area contributed by atoms with E-state index in [-0.39, 0.29) is 42.2 Å². The number of hydrogen-bond acceptors (Lipinski definition) is 5. The summed E-state index contributed by atoms with van der Waals surface area (Å²) in [5.74, 6) is -0.149. The minimum Gasteiger partial charge on any atom is -0.348 e. The topological polar surface area (TPSA) is 75.1 Å². The molecule has 2 rings (SSSR count). The Balaban J connectivity index is 0.00000288. The molecule has 1 aromatic rings. The molecule has 0 aliphatic carbocycles. The number of piperidine rings is 1. The maximum Gasteiger partial charge on any atom is 0.273 e. The van der Waals surface area contributed by atoms with Crippen LogP contribution in [0.25, 0.3) is 0 Å². The van der Waals surface area contributed by atoms with Crippen molar-refractivity contribution in [2.75, 3.05) is 33.7 Å². The molecule has 1 aliphatic rings. The Morgan fingerprint density at radius 1 is 1.40 bits per heavy atom. The average Bonchev–Trinajstić information content (AvgIpc) is 2.96. The summed E-state index contributed by atoms with van der Waals surface area (Å²) in [7, 11) is 4.09. The SMILES string of the molecule is CC(NC(=O)c1cn(C2CCNCC2)nn1)C(C)(C)CN(C)C.Cl.Cl. The van der Waals surface area contributed by atoms with E-state index < -0.39 is 0 Å². The quantitative estimate of drug-likeness (QED) is 0.768. The number of hydrogen-bond donors (Lipinski definition) is 2. The maximum absolute atomic E-state index is 12.4. The Kier molecular flexibility index (Phi) is 9.94. The zero-order valence-corrected chi connectivity index (χ0v) is 17.4. The van der Waals surface area contributed by atoms with Crippen LogP contribution in [0.4, 0.5) is 0 Å². The first-order valence-corrected chi connectivity index (χ1v) is 8.38. The summed E-state index contributed by atoms with van der Waals surface area (Å²) in [6, 6.07) is 0.384. The highest BCUT2D eigenvalue weighted by molar-refractivity contribution is 5.92. The van der Waals surface area contributed by atoms with Crippen LogP contribution in [-0.4, -0.2) is 65.6 Å². The summed E-state index contributed by atoms with van der Waals surface area (Å²) in [5, 5.41) is 14.6. The fraction of sp³-hybridized carbons (Fsp3) is 0.812. The summed E-state index contributed by atoms with van der Waals surface area (Å²) in [4.78, 5) is 14.6. The van der Waals surface area contributed by atoms with Crippen molar-refractivity contribution >= 4 is 30.7 Å². The fourth-order valence-electron chi connectivity index (χ4n) is 3.05. The van der Waals surface area contributed by atoms with E-state index in [1.807, 2.05) is 25.7 Å². The second kappa shape index (κ2) is 10.3. The Morgan fingerprint density at radius 3 is 2.56 bits per heavy atom. The van der Waals surface area contributed by atoms with Gasteiger partial charge < -0.3 is 15.5 Å². The minimum atomic E-state index is -0.149. The smallest absolute Gasteiger partial charge is 0.273 e. The molecule has 0 saturated carbocycles. The molecule has 1 atom stereocenters. The lowest BCUT2D eigenvalue weighted by molar-refractivity contribution is 0.0880. The Bertz CT molecular complexity index is 528. The lowest BCUT2D eigenvalue weighted by Gasteiger charge is -2.34. The molecule has 1 amide bonds. The summed E-state index contributed by atoms with van der Waals surface area (Å²) in [6.07, 6.45) is 3.82. The maximum atomic E-state index is 12.4. The predicted octanol–water partition coefficient (Wildman–Crippen LogP) is 1.75. The summed E-state index contributed by atoms with van der Waals surface area (Å²) < 4.78 is 1.84. The van der Waals surface area contributed by atoms with Crippen molar-refractivity contribution in [2.24, 2.45) is 5.41 Å². The van der Waals surface area contributed by atoms with Crippen molar-refractivity contribution < 1.29 is 4.79 Å². The van der Waals surface area contributed by atoms with E-state index in [0.717, 1.165) is 32.5 Å². The predicted molar refractivity (Wildman–Crippen MR) is 105 cm³/mol. The molecule has 0 bridgehead atoms. The Hall–Kier alpha value is -0.890. The zero-order valence-electron chi connectivity index (χ0n) is 15.8. The first kappa shape index (κ1) is 24.1. The number of rotatable bonds is 6. The molecule has 25 heavy (non-hydrogen) atoms. The second-order valence-electron chi connectivity index (χ2n) is 7.49. The first-order chi connectivity index (χ1) is 10.8. The van der Waals surface area contributed by atoms with Gasteiger partial charge in [-0.2, -0.15) is 0 Å². The van der Waals surface area contributed by atoms with E-state index in [9.17, 15) is 4.79 Å². The lowest BCUT2D eigenvalue weighted by atomic mass is 9.85.